The standard InChI is InChI=1S/C37H35N7O3/c1-47-33-30(31(45)32(33)46)43-20-16-37(17-21-43)15-19-42(23-37)22-24-9-11-26(12-10-24)44-35(27-8-5-18-39-34(27)38)41-29-14-13-28(40-36(29)44)25-6-3-2-4-7-25/h2-14,18H,15-17,19-23H2,1H3,(H2,38,39). The van der Waals surface area contributed by atoms with E-state index in [-0.39, 0.29) is 11.2 Å². The number of nitrogens with zero attached hydrogens (tertiary/aromatic N) is 6. The molecule has 0 atom stereocenters. The Kier molecular flexibility index (Phi) is 7.10. The van der Waals surface area contributed by atoms with E-state index >= 15 is 0 Å². The Morgan fingerprint density at radius 3 is 2.36 bits per heavy atom. The van der Waals surface area contributed by atoms with Gasteiger partial charge in [0.2, 0.25) is 0 Å². The van der Waals surface area contributed by atoms with Gasteiger partial charge in [0.15, 0.2) is 17.2 Å². The number of piperidine rings is 1. The van der Waals surface area contributed by atoms with Crippen LogP contribution in [0.4, 0.5) is 11.5 Å². The Morgan fingerprint density at radius 2 is 1.62 bits per heavy atom. The van der Waals surface area contributed by atoms with Gasteiger partial charge in [0.05, 0.1) is 18.4 Å². The van der Waals surface area contributed by atoms with Gasteiger partial charge in [-0.05, 0) is 73.2 Å². The maximum atomic E-state index is 12.2. The number of benzene rings is 2. The first-order valence-corrected chi connectivity index (χ1v) is 16.0. The van der Waals surface area contributed by atoms with E-state index in [0.717, 1.165) is 85.7 Å². The van der Waals surface area contributed by atoms with E-state index in [1.807, 2.05) is 47.4 Å². The number of methoxy groups -OCH3 is 1. The molecule has 0 aliphatic carbocycles. The first-order chi connectivity index (χ1) is 22.9. The highest BCUT2D eigenvalue weighted by Crippen LogP contribution is 2.42. The molecule has 0 bridgehead atoms. The molecule has 5 heterocycles. The van der Waals surface area contributed by atoms with E-state index < -0.39 is 10.9 Å². The largest absolute Gasteiger partial charge is 0.491 e. The number of imidazole rings is 1. The zero-order valence-electron chi connectivity index (χ0n) is 26.2. The zero-order valence-corrected chi connectivity index (χ0v) is 26.2. The van der Waals surface area contributed by atoms with Crippen molar-refractivity contribution in [3.8, 4) is 34.1 Å². The quantitative estimate of drug-likeness (QED) is 0.249. The van der Waals surface area contributed by atoms with Gasteiger partial charge in [0, 0.05) is 43.6 Å². The maximum Gasteiger partial charge on any atom is 0.272 e. The Hall–Kier alpha value is -5.35. The number of likely N-dealkylation sites (tertiary alicyclic amines) is 1. The lowest BCUT2D eigenvalue weighted by atomic mass is 9.77. The van der Waals surface area contributed by atoms with Crippen LogP contribution in [0.5, 0.6) is 5.75 Å². The SMILES string of the molecule is COc1c(N2CCC3(CCN(Cc4ccc(-n5c(-c6cccnc6N)nc6ccc(-c7ccccc7)nc65)cc4)C3)CC2)c(=O)c1=O. The van der Waals surface area contributed by atoms with Gasteiger partial charge in [0.1, 0.15) is 17.0 Å². The molecule has 10 nitrogen and oxygen atoms in total. The van der Waals surface area contributed by atoms with Gasteiger partial charge >= 0.3 is 0 Å². The highest BCUT2D eigenvalue weighted by molar-refractivity contribution is 5.84. The van der Waals surface area contributed by atoms with Crippen molar-refractivity contribution in [3.63, 3.8) is 0 Å². The van der Waals surface area contributed by atoms with Crippen molar-refractivity contribution in [2.24, 2.45) is 5.41 Å². The van der Waals surface area contributed by atoms with Crippen LogP contribution in [0.3, 0.4) is 0 Å². The fraction of sp³-hybridized carbons (Fsp3) is 0.270. The lowest BCUT2D eigenvalue weighted by molar-refractivity contribution is 0.205. The van der Waals surface area contributed by atoms with Crippen molar-refractivity contribution in [3.05, 3.63) is 111 Å². The second-order valence-corrected chi connectivity index (χ2v) is 12.8. The molecule has 47 heavy (non-hydrogen) atoms. The van der Waals surface area contributed by atoms with Gasteiger partial charge in [-0.15, -0.1) is 0 Å². The second-order valence-electron chi connectivity index (χ2n) is 12.8. The van der Waals surface area contributed by atoms with Gasteiger partial charge in [-0.2, -0.15) is 0 Å². The first kappa shape index (κ1) is 29.1. The molecule has 6 aromatic rings. The molecule has 236 valence electrons. The van der Waals surface area contributed by atoms with Crippen molar-refractivity contribution in [1.82, 2.24) is 24.4 Å². The molecule has 3 aromatic carbocycles. The summed E-state index contributed by atoms with van der Waals surface area (Å²) in [5, 5.41) is 0. The zero-order chi connectivity index (χ0) is 32.1. The maximum absolute atomic E-state index is 12.2. The van der Waals surface area contributed by atoms with Gasteiger partial charge in [-0.3, -0.25) is 19.1 Å². The summed E-state index contributed by atoms with van der Waals surface area (Å²) in [5.74, 6) is 1.33. The summed E-state index contributed by atoms with van der Waals surface area (Å²) >= 11 is 0. The second kappa shape index (κ2) is 11.5. The third-order valence-corrected chi connectivity index (χ3v) is 9.96. The van der Waals surface area contributed by atoms with E-state index in [1.54, 1.807) is 6.20 Å². The van der Waals surface area contributed by atoms with Gasteiger partial charge < -0.3 is 15.4 Å². The third kappa shape index (κ3) is 5.05. The number of nitrogen functional groups attached to an aromatic ring is 1. The molecule has 0 unspecified atom stereocenters. The highest BCUT2D eigenvalue weighted by atomic mass is 16.5. The van der Waals surface area contributed by atoms with Crippen LogP contribution in [0.25, 0.3) is 39.5 Å². The fourth-order valence-electron chi connectivity index (χ4n) is 7.38. The van der Waals surface area contributed by atoms with Crippen molar-refractivity contribution in [1.29, 1.82) is 0 Å². The average molecular weight is 626 g/mol. The van der Waals surface area contributed by atoms with Crippen molar-refractivity contribution < 1.29 is 4.74 Å². The molecule has 2 aliphatic rings. The van der Waals surface area contributed by atoms with Crippen molar-refractivity contribution >= 4 is 22.7 Å². The van der Waals surface area contributed by atoms with Gasteiger partial charge in [0.25, 0.3) is 10.9 Å². The van der Waals surface area contributed by atoms with E-state index in [1.165, 1.54) is 12.7 Å². The number of hydrogen-bond donors (Lipinski definition) is 1. The van der Waals surface area contributed by atoms with Gasteiger partial charge in [-0.1, -0.05) is 42.5 Å². The van der Waals surface area contributed by atoms with E-state index in [0.29, 0.717) is 17.3 Å². The molecule has 8 rings (SSSR count). The number of anilines is 2. The third-order valence-electron chi connectivity index (χ3n) is 9.96. The topological polar surface area (TPSA) is 119 Å². The van der Waals surface area contributed by atoms with Crippen LogP contribution in [0.15, 0.2) is 94.6 Å². The predicted octanol–water partition coefficient (Wildman–Crippen LogP) is 4.83. The number of rotatable bonds is 7. The van der Waals surface area contributed by atoms with Crippen molar-refractivity contribution in [2.45, 2.75) is 25.8 Å². The Balaban J connectivity index is 1.03. The molecular formula is C37H35N7O3. The first-order valence-electron chi connectivity index (χ1n) is 16.0. The minimum absolute atomic E-state index is 0.217. The molecule has 2 aliphatic heterocycles. The van der Waals surface area contributed by atoms with Crippen LogP contribution in [-0.4, -0.2) is 57.7 Å². The van der Waals surface area contributed by atoms with E-state index in [4.69, 9.17) is 20.4 Å². The van der Waals surface area contributed by atoms with Crippen LogP contribution in [-0.2, 0) is 6.54 Å². The highest BCUT2D eigenvalue weighted by Gasteiger charge is 2.42. The Bertz CT molecular complexity index is 2160. The summed E-state index contributed by atoms with van der Waals surface area (Å²) in [5.41, 5.74) is 12.5. The molecule has 2 fully saturated rings. The molecule has 1 spiro atoms. The van der Waals surface area contributed by atoms with Crippen LogP contribution >= 0.6 is 0 Å². The summed E-state index contributed by atoms with van der Waals surface area (Å²) in [6.07, 6.45) is 4.81. The minimum atomic E-state index is -0.507. The number of nitrogens with two attached hydrogens (primary N) is 1. The summed E-state index contributed by atoms with van der Waals surface area (Å²) < 4.78 is 7.26. The van der Waals surface area contributed by atoms with E-state index in [2.05, 4.69) is 50.8 Å². The molecule has 0 amide bonds. The van der Waals surface area contributed by atoms with Crippen LogP contribution < -0.4 is 26.2 Å². The van der Waals surface area contributed by atoms with Crippen LogP contribution in [0, 0.1) is 5.41 Å². The lowest BCUT2D eigenvalue weighted by Gasteiger charge is -2.40. The average Bonchev–Trinajstić information content (AvgIpc) is 3.69. The number of hydrogen-bond acceptors (Lipinski definition) is 9. The molecule has 10 heteroatoms. The molecule has 0 radical (unpaired) electrons. The predicted molar refractivity (Wildman–Crippen MR) is 184 cm³/mol. The summed E-state index contributed by atoms with van der Waals surface area (Å²) in [7, 11) is 1.46. The number of fused-ring (bicyclic) bond motifs is 1. The van der Waals surface area contributed by atoms with Gasteiger partial charge in [-0.25, -0.2) is 15.0 Å². The summed E-state index contributed by atoms with van der Waals surface area (Å²) in [6.45, 7) is 4.46. The number of pyridine rings is 2. The van der Waals surface area contributed by atoms with E-state index in [9.17, 15) is 9.59 Å². The Labute approximate surface area is 271 Å². The summed E-state index contributed by atoms with van der Waals surface area (Å²) in [6, 6.07) is 26.6. The Morgan fingerprint density at radius 1 is 0.851 bits per heavy atom. The van der Waals surface area contributed by atoms with Crippen LogP contribution in [0.1, 0.15) is 24.8 Å². The van der Waals surface area contributed by atoms with Crippen molar-refractivity contribution in [2.75, 3.05) is 43.9 Å². The molecule has 0 saturated carbocycles. The monoisotopic (exact) mass is 625 g/mol. The number of aromatic nitrogens is 4. The van der Waals surface area contributed by atoms with Crippen LogP contribution in [0.2, 0.25) is 0 Å². The number of ether oxygens (including phenoxy) is 1. The molecule has 2 N–H and O–H groups in total. The lowest BCUT2D eigenvalue weighted by Crippen LogP contribution is -2.47. The molecular weight excluding hydrogens is 590 g/mol. The minimum Gasteiger partial charge on any atom is -0.491 e. The smallest absolute Gasteiger partial charge is 0.272 e. The normalized spacial score (nSPS) is 16.4. The molecule has 3 aromatic heterocycles. The molecule has 2 saturated heterocycles. The summed E-state index contributed by atoms with van der Waals surface area (Å²) in [4.78, 5) is 43.0. The fourth-order valence-corrected chi connectivity index (χ4v) is 7.38.